The lowest BCUT2D eigenvalue weighted by atomic mass is 9.75. The van der Waals surface area contributed by atoms with Crippen molar-refractivity contribution in [2.75, 3.05) is 43.5 Å². The van der Waals surface area contributed by atoms with Gasteiger partial charge in [-0.3, -0.25) is 4.79 Å². The molecule has 0 saturated carbocycles. The number of carbonyl (C=O) groups excluding carboxylic acids is 1. The predicted molar refractivity (Wildman–Crippen MR) is 138 cm³/mol. The third kappa shape index (κ3) is 4.91. The number of amides is 1. The van der Waals surface area contributed by atoms with Gasteiger partial charge in [0.1, 0.15) is 17.9 Å². The minimum atomic E-state index is -0.777. The van der Waals surface area contributed by atoms with Crippen molar-refractivity contribution in [3.8, 4) is 11.8 Å². The van der Waals surface area contributed by atoms with Crippen LogP contribution in [0.15, 0.2) is 42.7 Å². The Bertz CT molecular complexity index is 1320. The van der Waals surface area contributed by atoms with Gasteiger partial charge in [-0.25, -0.2) is 9.49 Å². The van der Waals surface area contributed by atoms with Gasteiger partial charge in [0.2, 0.25) is 5.95 Å². The van der Waals surface area contributed by atoms with Crippen LogP contribution in [0.2, 0.25) is 5.02 Å². The van der Waals surface area contributed by atoms with Gasteiger partial charge < -0.3 is 19.4 Å². The van der Waals surface area contributed by atoms with Gasteiger partial charge in [0, 0.05) is 33.3 Å². The highest BCUT2D eigenvalue weighted by molar-refractivity contribution is 6.33. The number of likely N-dealkylation sites (tertiary alicyclic amines) is 1. The van der Waals surface area contributed by atoms with Crippen LogP contribution in [-0.4, -0.2) is 65.8 Å². The molecule has 5 rings (SSSR count). The van der Waals surface area contributed by atoms with Crippen molar-refractivity contribution < 1.29 is 13.9 Å². The number of piperidine rings is 1. The molecule has 0 radical (unpaired) electrons. The summed E-state index contributed by atoms with van der Waals surface area (Å²) < 4.78 is 19.5. The summed E-state index contributed by atoms with van der Waals surface area (Å²) in [6.45, 7) is 1.10. The maximum atomic E-state index is 13.6. The third-order valence-electron chi connectivity index (χ3n) is 7.08. The lowest BCUT2D eigenvalue weighted by molar-refractivity contribution is -0.140. The highest BCUT2D eigenvalue weighted by Gasteiger charge is 2.41. The molecule has 2 aromatic carbocycles. The first-order valence-electron chi connectivity index (χ1n) is 12.0. The van der Waals surface area contributed by atoms with Crippen molar-refractivity contribution in [1.82, 2.24) is 20.1 Å². The number of hydrogen-bond donors (Lipinski definition) is 1. The van der Waals surface area contributed by atoms with Crippen LogP contribution in [0, 0.1) is 22.6 Å². The third-order valence-corrected chi connectivity index (χ3v) is 7.38. The molecule has 1 atom stereocenters. The van der Waals surface area contributed by atoms with E-state index in [0.29, 0.717) is 54.8 Å². The molecule has 9 nitrogen and oxygen atoms in total. The molecular weight excluding hydrogens is 497 g/mol. The van der Waals surface area contributed by atoms with Gasteiger partial charge in [0.15, 0.2) is 6.10 Å². The van der Waals surface area contributed by atoms with Crippen LogP contribution >= 0.6 is 11.6 Å². The van der Waals surface area contributed by atoms with Crippen molar-refractivity contribution in [3.05, 3.63) is 59.1 Å². The molecule has 2 aliphatic rings. The minimum Gasteiger partial charge on any atom is -0.476 e. The van der Waals surface area contributed by atoms with Crippen molar-refractivity contribution in [3.63, 3.8) is 0 Å². The molecule has 1 unspecified atom stereocenters. The number of nitrogens with one attached hydrogen (secondary N) is 1. The van der Waals surface area contributed by atoms with Crippen molar-refractivity contribution in [2.24, 2.45) is 5.41 Å². The fraction of sp³-hybridized carbons (Fsp3) is 0.385. The second-order valence-electron chi connectivity index (χ2n) is 9.71. The molecule has 3 heterocycles. The zero-order valence-electron chi connectivity index (χ0n) is 20.6. The van der Waals surface area contributed by atoms with E-state index in [9.17, 15) is 14.4 Å². The Balaban J connectivity index is 1.34. The molecule has 0 spiro atoms. The summed E-state index contributed by atoms with van der Waals surface area (Å²) in [6.07, 6.45) is 2.21. The van der Waals surface area contributed by atoms with E-state index in [-0.39, 0.29) is 18.3 Å². The minimum absolute atomic E-state index is 0.148. The van der Waals surface area contributed by atoms with E-state index in [1.54, 1.807) is 23.1 Å². The largest absolute Gasteiger partial charge is 0.476 e. The summed E-state index contributed by atoms with van der Waals surface area (Å²) in [7, 11) is 3.77. The first-order valence-corrected chi connectivity index (χ1v) is 12.4. The van der Waals surface area contributed by atoms with Crippen molar-refractivity contribution in [2.45, 2.75) is 25.4 Å². The number of fused-ring (bicyclic) bond motifs is 1. The monoisotopic (exact) mass is 523 g/mol. The van der Waals surface area contributed by atoms with Crippen LogP contribution in [0.5, 0.6) is 5.75 Å². The van der Waals surface area contributed by atoms with Crippen LogP contribution in [0.3, 0.4) is 0 Å². The average molecular weight is 524 g/mol. The number of ether oxygens (including phenoxy) is 1. The molecule has 2 aliphatic heterocycles. The number of hydrogen-bond acceptors (Lipinski definition) is 7. The smallest absolute Gasteiger partial charge is 0.265 e. The molecule has 37 heavy (non-hydrogen) atoms. The fourth-order valence-corrected chi connectivity index (χ4v) is 5.30. The van der Waals surface area contributed by atoms with Crippen LogP contribution in [0.25, 0.3) is 0 Å². The molecule has 192 valence electrons. The van der Waals surface area contributed by atoms with Gasteiger partial charge >= 0.3 is 0 Å². The number of nitrogens with zero attached hydrogens (tertiary/aromatic N) is 6. The Morgan fingerprint density at radius 3 is 2.65 bits per heavy atom. The highest BCUT2D eigenvalue weighted by atomic mass is 35.5. The van der Waals surface area contributed by atoms with E-state index in [1.165, 1.54) is 18.5 Å². The number of aromatic nitrogens is 3. The standard InChI is InChI=1S/C26H27ClFN7O2/c1-33(2)20-12-22-21(11-19(20)27)35(25-30-16-31-32-25)14-23(37-22)24(36)34-9-7-26(15-29,8-10-34)13-17-3-5-18(28)6-4-17/h3-6,11-12,16,23H,7-10,13-14H2,1-2H3,(H,30,31,32). The number of halogens is 2. The summed E-state index contributed by atoms with van der Waals surface area (Å²) in [4.78, 5) is 23.4. The SMILES string of the molecule is CN(C)c1cc2c(cc1Cl)N(c1ncn[nH]1)CC(C(=O)N1CCC(C#N)(Cc3ccc(F)cc3)CC1)O2. The Morgan fingerprint density at radius 1 is 1.30 bits per heavy atom. The van der Waals surface area contributed by atoms with E-state index >= 15 is 0 Å². The maximum Gasteiger partial charge on any atom is 0.265 e. The number of rotatable bonds is 5. The van der Waals surface area contributed by atoms with Crippen LogP contribution in [0.4, 0.5) is 21.7 Å². The number of nitriles is 1. The number of H-pyrrole nitrogens is 1. The lowest BCUT2D eigenvalue weighted by Crippen LogP contribution is -2.52. The summed E-state index contributed by atoms with van der Waals surface area (Å²) in [5.74, 6) is 0.555. The van der Waals surface area contributed by atoms with Gasteiger partial charge in [-0.05, 0) is 43.0 Å². The first kappa shape index (κ1) is 24.8. The Labute approximate surface area is 219 Å². The number of benzene rings is 2. The zero-order valence-corrected chi connectivity index (χ0v) is 21.4. The maximum absolute atomic E-state index is 13.6. The summed E-state index contributed by atoms with van der Waals surface area (Å²) in [5.41, 5.74) is 1.77. The normalized spacial score (nSPS) is 18.5. The summed E-state index contributed by atoms with van der Waals surface area (Å²) >= 11 is 6.52. The fourth-order valence-electron chi connectivity index (χ4n) is 4.97. The van der Waals surface area contributed by atoms with Crippen LogP contribution < -0.4 is 14.5 Å². The van der Waals surface area contributed by atoms with E-state index in [0.717, 1.165) is 11.3 Å². The van der Waals surface area contributed by atoms with Gasteiger partial charge in [-0.15, -0.1) is 0 Å². The molecule has 1 aromatic heterocycles. The van der Waals surface area contributed by atoms with Gasteiger partial charge in [-0.1, -0.05) is 23.7 Å². The zero-order chi connectivity index (χ0) is 26.2. The Hall–Kier alpha value is -3.84. The Morgan fingerprint density at radius 2 is 2.03 bits per heavy atom. The van der Waals surface area contributed by atoms with Crippen LogP contribution in [0.1, 0.15) is 18.4 Å². The van der Waals surface area contributed by atoms with Crippen molar-refractivity contribution in [1.29, 1.82) is 5.26 Å². The van der Waals surface area contributed by atoms with E-state index < -0.39 is 11.5 Å². The van der Waals surface area contributed by atoms with Crippen LogP contribution in [-0.2, 0) is 11.2 Å². The first-order chi connectivity index (χ1) is 17.8. The molecule has 0 aliphatic carbocycles. The number of carbonyl (C=O) groups is 1. The van der Waals surface area contributed by atoms with E-state index in [2.05, 4.69) is 21.3 Å². The molecule has 1 saturated heterocycles. The van der Waals surface area contributed by atoms with Crippen molar-refractivity contribution >= 4 is 34.8 Å². The molecule has 1 N–H and O–H groups in total. The number of aromatic amines is 1. The molecule has 3 aromatic rings. The molecular formula is C26H27ClFN7O2. The van der Waals surface area contributed by atoms with Gasteiger partial charge in [0.05, 0.1) is 34.4 Å². The van der Waals surface area contributed by atoms with E-state index in [1.807, 2.05) is 30.0 Å². The number of anilines is 3. The molecule has 1 fully saturated rings. The molecule has 0 bridgehead atoms. The average Bonchev–Trinajstić information content (AvgIpc) is 3.44. The predicted octanol–water partition coefficient (Wildman–Crippen LogP) is 3.94. The van der Waals surface area contributed by atoms with E-state index in [4.69, 9.17) is 16.3 Å². The highest BCUT2D eigenvalue weighted by Crippen LogP contribution is 2.43. The molecule has 1 amide bonds. The second-order valence-corrected chi connectivity index (χ2v) is 10.1. The quantitative estimate of drug-likeness (QED) is 0.540. The summed E-state index contributed by atoms with van der Waals surface area (Å²) in [6, 6.07) is 12.3. The summed E-state index contributed by atoms with van der Waals surface area (Å²) in [5, 5.41) is 17.3. The lowest BCUT2D eigenvalue weighted by Gasteiger charge is -2.41. The topological polar surface area (TPSA) is 101 Å². The Kier molecular flexibility index (Phi) is 6.65. The second kappa shape index (κ2) is 9.90. The van der Waals surface area contributed by atoms with Gasteiger partial charge in [-0.2, -0.15) is 15.3 Å². The van der Waals surface area contributed by atoms with Gasteiger partial charge in [0.25, 0.3) is 5.91 Å². The molecule has 11 heteroatoms.